The fraction of sp³-hybridized carbons (Fsp3) is 0.348. The van der Waals surface area contributed by atoms with Gasteiger partial charge in [-0.2, -0.15) is 5.10 Å². The Morgan fingerprint density at radius 2 is 1.91 bits per heavy atom. The highest BCUT2D eigenvalue weighted by Crippen LogP contribution is 2.27. The van der Waals surface area contributed by atoms with Crippen molar-refractivity contribution in [3.8, 4) is 11.5 Å². The lowest BCUT2D eigenvalue weighted by molar-refractivity contribution is -0.126. The van der Waals surface area contributed by atoms with Gasteiger partial charge in [0.15, 0.2) is 18.1 Å². The van der Waals surface area contributed by atoms with Gasteiger partial charge in [-0.3, -0.25) is 14.5 Å². The Labute approximate surface area is 195 Å². The van der Waals surface area contributed by atoms with Gasteiger partial charge < -0.3 is 15.2 Å². The summed E-state index contributed by atoms with van der Waals surface area (Å²) in [6.07, 6.45) is 3.15. The van der Waals surface area contributed by atoms with E-state index in [0.717, 1.165) is 42.5 Å². The van der Waals surface area contributed by atoms with Crippen molar-refractivity contribution in [1.82, 2.24) is 10.3 Å². The minimum Gasteiger partial charge on any atom is -0.493 e. The van der Waals surface area contributed by atoms with Crippen LogP contribution in [0.3, 0.4) is 0 Å². The molecule has 1 fully saturated rings. The average Bonchev–Trinajstić information content (AvgIpc) is 2.80. The van der Waals surface area contributed by atoms with E-state index in [2.05, 4.69) is 43.5 Å². The fourth-order valence-electron chi connectivity index (χ4n) is 3.50. The number of hydrogen-bond donors (Lipinski definition) is 2. The first-order valence-electron chi connectivity index (χ1n) is 10.3. The number of ether oxygens (including phenoxy) is 2. The summed E-state index contributed by atoms with van der Waals surface area (Å²) in [4.78, 5) is 25.7. The van der Waals surface area contributed by atoms with Gasteiger partial charge in [0.25, 0.3) is 5.91 Å². The maximum Gasteiger partial charge on any atom is 0.255 e. The molecular formula is C23H27BrN4O4. The molecule has 0 atom stereocenters. The maximum atomic E-state index is 12.5. The number of carbonyl (C=O) groups excluding carboxylic acids is 2. The molecule has 9 heteroatoms. The Morgan fingerprint density at radius 3 is 2.56 bits per heavy atom. The number of primary amides is 1. The van der Waals surface area contributed by atoms with Crippen molar-refractivity contribution in [3.63, 3.8) is 0 Å². The van der Waals surface area contributed by atoms with Gasteiger partial charge in [0, 0.05) is 16.9 Å². The van der Waals surface area contributed by atoms with Crippen LogP contribution in [0.1, 0.15) is 24.0 Å². The fourth-order valence-corrected chi connectivity index (χ4v) is 3.76. The predicted octanol–water partition coefficient (Wildman–Crippen LogP) is 2.68. The Morgan fingerprint density at radius 1 is 1.19 bits per heavy atom. The van der Waals surface area contributed by atoms with E-state index in [1.807, 2.05) is 12.1 Å². The summed E-state index contributed by atoms with van der Waals surface area (Å²) in [5.74, 6) is 0.159. The van der Waals surface area contributed by atoms with E-state index in [-0.39, 0.29) is 18.4 Å². The summed E-state index contributed by atoms with van der Waals surface area (Å²) < 4.78 is 11.6. The zero-order chi connectivity index (χ0) is 22.9. The van der Waals surface area contributed by atoms with E-state index in [4.69, 9.17) is 15.2 Å². The molecular weight excluding hydrogens is 476 g/mol. The molecule has 0 aromatic heterocycles. The zero-order valence-electron chi connectivity index (χ0n) is 17.9. The van der Waals surface area contributed by atoms with E-state index in [9.17, 15) is 9.59 Å². The second kappa shape index (κ2) is 11.6. The number of benzene rings is 2. The molecule has 32 heavy (non-hydrogen) atoms. The monoisotopic (exact) mass is 502 g/mol. The highest BCUT2D eigenvalue weighted by atomic mass is 79.9. The van der Waals surface area contributed by atoms with E-state index in [1.54, 1.807) is 24.4 Å². The van der Waals surface area contributed by atoms with Crippen LogP contribution in [-0.4, -0.2) is 49.7 Å². The number of nitrogens with zero attached hydrogens (tertiary/aromatic N) is 2. The topological polar surface area (TPSA) is 106 Å². The lowest BCUT2D eigenvalue weighted by Crippen LogP contribution is -2.39. The van der Waals surface area contributed by atoms with Crippen LogP contribution in [0.25, 0.3) is 0 Å². The number of nitrogens with one attached hydrogen (secondary N) is 1. The van der Waals surface area contributed by atoms with Gasteiger partial charge in [-0.05, 0) is 67.4 Å². The third-order valence-electron chi connectivity index (χ3n) is 5.22. The number of hydrogen-bond acceptors (Lipinski definition) is 6. The molecule has 8 nitrogen and oxygen atoms in total. The Kier molecular flexibility index (Phi) is 8.64. The van der Waals surface area contributed by atoms with Crippen LogP contribution in [0.4, 0.5) is 0 Å². The van der Waals surface area contributed by atoms with Crippen molar-refractivity contribution in [3.05, 3.63) is 58.1 Å². The normalized spacial score (nSPS) is 14.9. The van der Waals surface area contributed by atoms with Crippen LogP contribution in [0.5, 0.6) is 11.5 Å². The minimum atomic E-state index is -0.570. The van der Waals surface area contributed by atoms with Crippen molar-refractivity contribution in [2.45, 2.75) is 19.4 Å². The number of carbonyl (C=O) groups is 2. The first-order valence-corrected chi connectivity index (χ1v) is 11.1. The molecule has 0 aliphatic carbocycles. The number of likely N-dealkylation sites (tertiary alicyclic amines) is 1. The second-order valence-corrected chi connectivity index (χ2v) is 8.49. The van der Waals surface area contributed by atoms with E-state index in [1.165, 1.54) is 12.7 Å². The molecule has 1 aliphatic heterocycles. The summed E-state index contributed by atoms with van der Waals surface area (Å²) in [7, 11) is 1.50. The van der Waals surface area contributed by atoms with E-state index < -0.39 is 5.91 Å². The number of rotatable bonds is 9. The van der Waals surface area contributed by atoms with Crippen molar-refractivity contribution in [1.29, 1.82) is 0 Å². The van der Waals surface area contributed by atoms with Gasteiger partial charge in [-0.25, -0.2) is 5.43 Å². The van der Waals surface area contributed by atoms with Gasteiger partial charge in [0.2, 0.25) is 5.91 Å². The molecule has 2 aromatic carbocycles. The van der Waals surface area contributed by atoms with Crippen LogP contribution < -0.4 is 20.6 Å². The van der Waals surface area contributed by atoms with Crippen molar-refractivity contribution >= 4 is 34.0 Å². The summed E-state index contributed by atoms with van der Waals surface area (Å²) in [6.45, 7) is 2.41. The molecule has 1 aliphatic rings. The number of amides is 2. The predicted molar refractivity (Wildman–Crippen MR) is 126 cm³/mol. The van der Waals surface area contributed by atoms with Gasteiger partial charge in [-0.1, -0.05) is 28.1 Å². The number of piperidine rings is 1. The van der Waals surface area contributed by atoms with Crippen LogP contribution in [0.15, 0.2) is 52.0 Å². The quantitative estimate of drug-likeness (QED) is 0.405. The Hall–Kier alpha value is -2.91. The molecule has 3 N–H and O–H groups in total. The molecule has 2 aromatic rings. The number of methoxy groups -OCH3 is 1. The molecule has 170 valence electrons. The lowest BCUT2D eigenvalue weighted by Gasteiger charge is -2.30. The first-order chi connectivity index (χ1) is 15.4. The molecule has 1 heterocycles. The molecule has 0 unspecified atom stereocenters. The summed E-state index contributed by atoms with van der Waals surface area (Å²) in [5.41, 5.74) is 9.72. The standard InChI is InChI=1S/C23H27BrN4O4/c1-31-21-12-17(4-7-20(21)32-15-22(25)29)13-26-27-23(30)18-8-10-28(11-9-18)14-16-2-5-19(24)6-3-16/h2-7,12-13,18H,8-11,14-15H2,1H3,(H2,25,29)(H,27,30). The smallest absolute Gasteiger partial charge is 0.255 e. The molecule has 0 bridgehead atoms. The van der Waals surface area contributed by atoms with Crippen molar-refractivity contribution < 1.29 is 19.1 Å². The molecule has 1 saturated heterocycles. The lowest BCUT2D eigenvalue weighted by atomic mass is 9.96. The van der Waals surface area contributed by atoms with Crippen LogP contribution in [0.2, 0.25) is 0 Å². The highest BCUT2D eigenvalue weighted by molar-refractivity contribution is 9.10. The van der Waals surface area contributed by atoms with Gasteiger partial charge in [-0.15, -0.1) is 0 Å². The van der Waals surface area contributed by atoms with Gasteiger partial charge in [0.1, 0.15) is 0 Å². The van der Waals surface area contributed by atoms with Crippen molar-refractivity contribution in [2.75, 3.05) is 26.8 Å². The minimum absolute atomic E-state index is 0.0487. The second-order valence-electron chi connectivity index (χ2n) is 7.58. The van der Waals surface area contributed by atoms with Crippen molar-refractivity contribution in [2.24, 2.45) is 16.8 Å². The van der Waals surface area contributed by atoms with Crippen LogP contribution in [0, 0.1) is 5.92 Å². The van der Waals surface area contributed by atoms with Crippen LogP contribution in [-0.2, 0) is 16.1 Å². The third-order valence-corrected chi connectivity index (χ3v) is 5.75. The van der Waals surface area contributed by atoms with Crippen LogP contribution >= 0.6 is 15.9 Å². The summed E-state index contributed by atoms with van der Waals surface area (Å²) in [5, 5.41) is 4.08. The third kappa shape index (κ3) is 7.06. The molecule has 0 saturated carbocycles. The zero-order valence-corrected chi connectivity index (χ0v) is 19.5. The van der Waals surface area contributed by atoms with E-state index >= 15 is 0 Å². The number of hydrazone groups is 1. The summed E-state index contributed by atoms with van der Waals surface area (Å²) >= 11 is 3.45. The Balaban J connectivity index is 1.46. The summed E-state index contributed by atoms with van der Waals surface area (Å²) in [6, 6.07) is 13.4. The molecule has 0 spiro atoms. The molecule has 2 amide bonds. The van der Waals surface area contributed by atoms with Gasteiger partial charge >= 0.3 is 0 Å². The largest absolute Gasteiger partial charge is 0.493 e. The highest BCUT2D eigenvalue weighted by Gasteiger charge is 2.24. The van der Waals surface area contributed by atoms with E-state index in [0.29, 0.717) is 11.5 Å². The number of halogens is 1. The van der Waals surface area contributed by atoms with Gasteiger partial charge in [0.05, 0.1) is 13.3 Å². The molecule has 3 rings (SSSR count). The number of nitrogens with two attached hydrogens (primary N) is 1. The maximum absolute atomic E-state index is 12.5. The SMILES string of the molecule is COc1cc(C=NNC(=O)C2CCN(Cc3ccc(Br)cc3)CC2)ccc1OCC(N)=O. The first kappa shape index (κ1) is 23.7. The Bertz CT molecular complexity index is 957. The average molecular weight is 503 g/mol. The molecule has 0 radical (unpaired) electrons.